The molecule has 1 heterocycles. The Kier molecular flexibility index (Phi) is 6.91. The van der Waals surface area contributed by atoms with Crippen molar-refractivity contribution in [3.05, 3.63) is 84.1 Å². The third-order valence-electron chi connectivity index (χ3n) is 3.93. The number of nitrogens with one attached hydrogen (secondary N) is 2. The number of carbonyl (C=O) groups excluding carboxylic acids is 2. The largest absolute Gasteiger partial charge is 0.473 e. The summed E-state index contributed by atoms with van der Waals surface area (Å²) in [5.41, 5.74) is 2.66. The van der Waals surface area contributed by atoms with Gasteiger partial charge in [0.05, 0.1) is 0 Å². The predicted octanol–water partition coefficient (Wildman–Crippen LogP) is 3.50. The summed E-state index contributed by atoms with van der Waals surface area (Å²) in [6.45, 7) is 0.352. The van der Waals surface area contributed by atoms with Gasteiger partial charge in [0.25, 0.3) is 5.91 Å². The standard InChI is InChI=1S/C22H21N3O4/c1-28-15-20(26)24-18-7-9-19(10-8-18)25-22(27)17-11-12-23-21(13-17)29-14-16-5-3-2-4-6-16/h2-13H,14-15H2,1H3,(H,24,26)(H,25,27). The van der Waals surface area contributed by atoms with Gasteiger partial charge in [0.15, 0.2) is 0 Å². The van der Waals surface area contributed by atoms with E-state index in [0.29, 0.717) is 29.4 Å². The number of carbonyl (C=O) groups is 2. The SMILES string of the molecule is COCC(=O)Nc1ccc(NC(=O)c2ccnc(OCc3ccccc3)c2)cc1. The van der Waals surface area contributed by atoms with Gasteiger partial charge in [-0.2, -0.15) is 0 Å². The summed E-state index contributed by atoms with van der Waals surface area (Å²) in [5.74, 6) is -0.157. The average Bonchev–Trinajstić information content (AvgIpc) is 2.75. The topological polar surface area (TPSA) is 89.6 Å². The van der Waals surface area contributed by atoms with Crippen LogP contribution in [0.1, 0.15) is 15.9 Å². The third-order valence-corrected chi connectivity index (χ3v) is 3.93. The highest BCUT2D eigenvalue weighted by Crippen LogP contribution is 2.16. The van der Waals surface area contributed by atoms with E-state index in [4.69, 9.17) is 9.47 Å². The molecule has 0 aliphatic heterocycles. The van der Waals surface area contributed by atoms with Gasteiger partial charge in [0, 0.05) is 36.3 Å². The minimum Gasteiger partial charge on any atom is -0.473 e. The summed E-state index contributed by atoms with van der Waals surface area (Å²) in [6.07, 6.45) is 1.53. The number of ether oxygens (including phenoxy) is 2. The number of hydrogen-bond acceptors (Lipinski definition) is 5. The molecule has 0 aliphatic rings. The lowest BCUT2D eigenvalue weighted by Crippen LogP contribution is -2.17. The van der Waals surface area contributed by atoms with E-state index in [-0.39, 0.29) is 18.4 Å². The van der Waals surface area contributed by atoms with Crippen molar-refractivity contribution >= 4 is 23.2 Å². The monoisotopic (exact) mass is 391 g/mol. The maximum atomic E-state index is 12.5. The molecule has 0 atom stereocenters. The van der Waals surface area contributed by atoms with Gasteiger partial charge in [0.1, 0.15) is 13.2 Å². The van der Waals surface area contributed by atoms with E-state index in [9.17, 15) is 9.59 Å². The van der Waals surface area contributed by atoms with E-state index < -0.39 is 0 Å². The van der Waals surface area contributed by atoms with Crippen LogP contribution in [0.3, 0.4) is 0 Å². The normalized spacial score (nSPS) is 10.2. The molecule has 1 aromatic heterocycles. The number of methoxy groups -OCH3 is 1. The first-order chi connectivity index (χ1) is 14.1. The lowest BCUT2D eigenvalue weighted by molar-refractivity contribution is -0.119. The van der Waals surface area contributed by atoms with Gasteiger partial charge in [-0.15, -0.1) is 0 Å². The van der Waals surface area contributed by atoms with Crippen molar-refractivity contribution in [2.24, 2.45) is 0 Å². The second-order valence-electron chi connectivity index (χ2n) is 6.17. The number of anilines is 2. The molecule has 3 rings (SSSR count). The van der Waals surface area contributed by atoms with E-state index in [1.54, 1.807) is 36.4 Å². The minimum atomic E-state index is -0.284. The maximum Gasteiger partial charge on any atom is 0.255 e. The van der Waals surface area contributed by atoms with Crippen LogP contribution in [-0.2, 0) is 16.1 Å². The Labute approximate surface area is 168 Å². The fourth-order valence-corrected chi connectivity index (χ4v) is 2.53. The molecule has 2 amide bonds. The molecule has 0 saturated heterocycles. The van der Waals surface area contributed by atoms with Gasteiger partial charge in [-0.25, -0.2) is 4.98 Å². The van der Waals surface area contributed by atoms with Crippen LogP contribution >= 0.6 is 0 Å². The second kappa shape index (κ2) is 10.0. The molecule has 2 N–H and O–H groups in total. The molecule has 29 heavy (non-hydrogen) atoms. The van der Waals surface area contributed by atoms with E-state index in [2.05, 4.69) is 15.6 Å². The highest BCUT2D eigenvalue weighted by atomic mass is 16.5. The number of benzene rings is 2. The van der Waals surface area contributed by atoms with Crippen LogP contribution in [0, 0.1) is 0 Å². The fourth-order valence-electron chi connectivity index (χ4n) is 2.53. The maximum absolute atomic E-state index is 12.5. The number of rotatable bonds is 8. The van der Waals surface area contributed by atoms with Crippen molar-refractivity contribution in [1.29, 1.82) is 0 Å². The van der Waals surface area contributed by atoms with E-state index in [0.717, 1.165) is 5.56 Å². The van der Waals surface area contributed by atoms with Crippen LogP contribution in [0.25, 0.3) is 0 Å². The highest BCUT2D eigenvalue weighted by Gasteiger charge is 2.09. The molecule has 0 fully saturated rings. The van der Waals surface area contributed by atoms with Crippen molar-refractivity contribution in [2.45, 2.75) is 6.61 Å². The van der Waals surface area contributed by atoms with Crippen molar-refractivity contribution in [3.8, 4) is 5.88 Å². The second-order valence-corrected chi connectivity index (χ2v) is 6.17. The van der Waals surface area contributed by atoms with Crippen molar-refractivity contribution in [3.63, 3.8) is 0 Å². The van der Waals surface area contributed by atoms with Gasteiger partial charge in [-0.3, -0.25) is 9.59 Å². The quantitative estimate of drug-likeness (QED) is 0.613. The molecule has 0 spiro atoms. The molecule has 0 bridgehead atoms. The number of hydrogen-bond donors (Lipinski definition) is 2. The third kappa shape index (κ3) is 6.15. The van der Waals surface area contributed by atoms with Gasteiger partial charge >= 0.3 is 0 Å². The predicted molar refractivity (Wildman–Crippen MR) is 110 cm³/mol. The number of pyridine rings is 1. The lowest BCUT2D eigenvalue weighted by atomic mass is 10.2. The van der Waals surface area contributed by atoms with Crippen LogP contribution in [0.15, 0.2) is 72.9 Å². The van der Waals surface area contributed by atoms with Gasteiger partial charge < -0.3 is 20.1 Å². The molecule has 0 saturated carbocycles. The Morgan fingerprint density at radius 2 is 1.62 bits per heavy atom. The average molecular weight is 391 g/mol. The molecule has 148 valence electrons. The Balaban J connectivity index is 1.58. The first kappa shape index (κ1) is 20.0. The Hall–Kier alpha value is -3.71. The van der Waals surface area contributed by atoms with E-state index in [1.807, 2.05) is 30.3 Å². The zero-order valence-electron chi connectivity index (χ0n) is 15.9. The summed E-state index contributed by atoms with van der Waals surface area (Å²) in [5, 5.41) is 5.49. The number of amides is 2. The summed E-state index contributed by atoms with van der Waals surface area (Å²) >= 11 is 0. The molecular weight excluding hydrogens is 370 g/mol. The minimum absolute atomic E-state index is 0.0186. The number of nitrogens with zero attached hydrogens (tertiary/aromatic N) is 1. The van der Waals surface area contributed by atoms with Crippen molar-refractivity contribution in [1.82, 2.24) is 4.98 Å². The fraction of sp³-hybridized carbons (Fsp3) is 0.136. The van der Waals surface area contributed by atoms with E-state index >= 15 is 0 Å². The van der Waals surface area contributed by atoms with Crippen LogP contribution in [0.5, 0.6) is 5.88 Å². The summed E-state index contributed by atoms with van der Waals surface area (Å²) in [4.78, 5) is 28.2. The molecule has 3 aromatic rings. The van der Waals surface area contributed by atoms with Crippen molar-refractivity contribution in [2.75, 3.05) is 24.4 Å². The van der Waals surface area contributed by atoms with Crippen LogP contribution < -0.4 is 15.4 Å². The Bertz CT molecular complexity index is 959. The van der Waals surface area contributed by atoms with E-state index in [1.165, 1.54) is 13.3 Å². The first-order valence-corrected chi connectivity index (χ1v) is 8.97. The summed E-state index contributed by atoms with van der Waals surface area (Å²) in [6, 6.07) is 19.7. The molecule has 0 radical (unpaired) electrons. The van der Waals surface area contributed by atoms with Crippen LogP contribution in [-0.4, -0.2) is 30.5 Å². The Morgan fingerprint density at radius 1 is 0.931 bits per heavy atom. The lowest BCUT2D eigenvalue weighted by Gasteiger charge is -2.09. The van der Waals surface area contributed by atoms with Gasteiger partial charge in [-0.05, 0) is 35.9 Å². The first-order valence-electron chi connectivity index (χ1n) is 8.97. The molecule has 0 unspecified atom stereocenters. The Morgan fingerprint density at radius 3 is 2.31 bits per heavy atom. The van der Waals surface area contributed by atoms with Gasteiger partial charge in [-0.1, -0.05) is 30.3 Å². The smallest absolute Gasteiger partial charge is 0.255 e. The highest BCUT2D eigenvalue weighted by molar-refractivity contribution is 6.04. The molecular formula is C22H21N3O4. The number of aromatic nitrogens is 1. The molecule has 7 heteroatoms. The summed E-state index contributed by atoms with van der Waals surface area (Å²) in [7, 11) is 1.45. The summed E-state index contributed by atoms with van der Waals surface area (Å²) < 4.78 is 10.4. The molecule has 2 aromatic carbocycles. The molecule has 0 aliphatic carbocycles. The van der Waals surface area contributed by atoms with Crippen molar-refractivity contribution < 1.29 is 19.1 Å². The molecule has 7 nitrogen and oxygen atoms in total. The van der Waals surface area contributed by atoms with Gasteiger partial charge in [0.2, 0.25) is 11.8 Å². The van der Waals surface area contributed by atoms with Crippen LogP contribution in [0.2, 0.25) is 0 Å². The zero-order chi connectivity index (χ0) is 20.5. The van der Waals surface area contributed by atoms with Crippen LogP contribution in [0.4, 0.5) is 11.4 Å². The zero-order valence-corrected chi connectivity index (χ0v) is 15.9.